The molecule has 0 bridgehead atoms. The van der Waals surface area contributed by atoms with Crippen LogP contribution in [0.25, 0.3) is 10.9 Å². The molecule has 2 aromatic rings. The second kappa shape index (κ2) is 5.71. The quantitative estimate of drug-likeness (QED) is 0.924. The lowest BCUT2D eigenvalue weighted by Crippen LogP contribution is -2.42. The Hall–Kier alpha value is -2.50. The van der Waals surface area contributed by atoms with Gasteiger partial charge >= 0.3 is 5.97 Å². The Kier molecular flexibility index (Phi) is 3.75. The van der Waals surface area contributed by atoms with Gasteiger partial charge < -0.3 is 10.0 Å². The van der Waals surface area contributed by atoms with E-state index in [1.54, 1.807) is 12.1 Å². The third-order valence-corrected chi connectivity index (χ3v) is 3.95. The van der Waals surface area contributed by atoms with Crippen molar-refractivity contribution in [2.75, 3.05) is 13.1 Å². The summed E-state index contributed by atoms with van der Waals surface area (Å²) in [5.74, 6) is -2.05. The second-order valence-electron chi connectivity index (χ2n) is 5.49. The number of aromatic nitrogens is 1. The van der Waals surface area contributed by atoms with E-state index in [1.807, 2.05) is 0 Å². The molecule has 1 unspecified atom stereocenters. The molecule has 1 saturated heterocycles. The second-order valence-corrected chi connectivity index (χ2v) is 5.49. The highest BCUT2D eigenvalue weighted by Crippen LogP contribution is 2.20. The maximum atomic E-state index is 13.3. The molecule has 1 aromatic heterocycles. The highest BCUT2D eigenvalue weighted by atomic mass is 19.1. The van der Waals surface area contributed by atoms with Crippen molar-refractivity contribution in [1.82, 2.24) is 9.88 Å². The van der Waals surface area contributed by atoms with Crippen LogP contribution >= 0.6 is 0 Å². The Labute approximate surface area is 126 Å². The summed E-state index contributed by atoms with van der Waals surface area (Å²) in [6.45, 7) is 0.735. The average molecular weight is 302 g/mol. The topological polar surface area (TPSA) is 70.5 Å². The van der Waals surface area contributed by atoms with Crippen molar-refractivity contribution in [3.05, 3.63) is 41.8 Å². The van der Waals surface area contributed by atoms with Gasteiger partial charge in [0, 0.05) is 24.7 Å². The number of carbonyl (C=O) groups is 2. The number of hydrogen-bond acceptors (Lipinski definition) is 3. The van der Waals surface area contributed by atoms with Crippen LogP contribution < -0.4 is 0 Å². The largest absolute Gasteiger partial charge is 0.481 e. The lowest BCUT2D eigenvalue weighted by molar-refractivity contribution is -0.143. The predicted octanol–water partition coefficient (Wildman–Crippen LogP) is 2.31. The van der Waals surface area contributed by atoms with Gasteiger partial charge in [0.1, 0.15) is 5.82 Å². The maximum absolute atomic E-state index is 13.3. The molecule has 1 atom stereocenters. The number of piperidine rings is 1. The molecule has 3 rings (SSSR count). The maximum Gasteiger partial charge on any atom is 0.308 e. The van der Waals surface area contributed by atoms with Crippen LogP contribution in [0, 0.1) is 11.7 Å². The number of likely N-dealkylation sites (tertiary alicyclic amines) is 1. The van der Waals surface area contributed by atoms with E-state index in [2.05, 4.69) is 4.98 Å². The van der Waals surface area contributed by atoms with Crippen LogP contribution in [-0.4, -0.2) is 40.0 Å². The molecule has 5 nitrogen and oxygen atoms in total. The van der Waals surface area contributed by atoms with Crippen molar-refractivity contribution in [1.29, 1.82) is 0 Å². The summed E-state index contributed by atoms with van der Waals surface area (Å²) in [5.41, 5.74) is 0.962. The van der Waals surface area contributed by atoms with Crippen LogP contribution in [0.1, 0.15) is 23.2 Å². The van der Waals surface area contributed by atoms with E-state index in [0.29, 0.717) is 35.9 Å². The zero-order chi connectivity index (χ0) is 15.7. The third-order valence-electron chi connectivity index (χ3n) is 3.95. The van der Waals surface area contributed by atoms with Crippen LogP contribution in [0.4, 0.5) is 4.39 Å². The molecule has 22 heavy (non-hydrogen) atoms. The summed E-state index contributed by atoms with van der Waals surface area (Å²) >= 11 is 0. The van der Waals surface area contributed by atoms with Crippen LogP contribution in [0.3, 0.4) is 0 Å². The van der Waals surface area contributed by atoms with Crippen molar-refractivity contribution in [3.8, 4) is 0 Å². The number of carboxylic acid groups (broad SMARTS) is 1. The molecule has 1 aromatic carbocycles. The SMILES string of the molecule is O=C(O)C1CCCN(C(=O)c2cnc3ccc(F)cc3c2)C1. The Morgan fingerprint density at radius 3 is 2.91 bits per heavy atom. The Morgan fingerprint density at radius 1 is 1.32 bits per heavy atom. The first-order valence-corrected chi connectivity index (χ1v) is 7.12. The van der Waals surface area contributed by atoms with Crippen LogP contribution in [0.2, 0.25) is 0 Å². The molecule has 1 aliphatic heterocycles. The number of nitrogens with zero attached hydrogens (tertiary/aromatic N) is 2. The van der Waals surface area contributed by atoms with Gasteiger partial charge in [-0.15, -0.1) is 0 Å². The van der Waals surface area contributed by atoms with Crippen molar-refractivity contribution >= 4 is 22.8 Å². The smallest absolute Gasteiger partial charge is 0.308 e. The molecule has 6 heteroatoms. The molecule has 1 amide bonds. The minimum atomic E-state index is -0.879. The molecule has 1 aliphatic rings. The fraction of sp³-hybridized carbons (Fsp3) is 0.312. The zero-order valence-electron chi connectivity index (χ0n) is 11.8. The van der Waals surface area contributed by atoms with E-state index >= 15 is 0 Å². The summed E-state index contributed by atoms with van der Waals surface area (Å²) in [4.78, 5) is 29.3. The van der Waals surface area contributed by atoms with Gasteiger partial charge in [-0.1, -0.05) is 0 Å². The van der Waals surface area contributed by atoms with Gasteiger partial charge in [-0.05, 0) is 37.1 Å². The minimum absolute atomic E-state index is 0.204. The number of amides is 1. The first-order valence-electron chi connectivity index (χ1n) is 7.12. The summed E-state index contributed by atoms with van der Waals surface area (Å²) in [7, 11) is 0. The number of pyridine rings is 1. The molecule has 0 spiro atoms. The molecule has 0 radical (unpaired) electrons. The fourth-order valence-corrected chi connectivity index (χ4v) is 2.77. The summed E-state index contributed by atoms with van der Waals surface area (Å²) in [6.07, 6.45) is 2.70. The highest BCUT2D eigenvalue weighted by Gasteiger charge is 2.28. The molecule has 2 heterocycles. The van der Waals surface area contributed by atoms with Crippen molar-refractivity contribution in [2.45, 2.75) is 12.8 Å². The van der Waals surface area contributed by atoms with E-state index < -0.39 is 11.9 Å². The van der Waals surface area contributed by atoms with E-state index in [0.717, 1.165) is 0 Å². The van der Waals surface area contributed by atoms with Gasteiger partial charge in [0.2, 0.25) is 0 Å². The van der Waals surface area contributed by atoms with Gasteiger partial charge in [0.05, 0.1) is 17.0 Å². The number of halogens is 1. The first kappa shape index (κ1) is 14.4. The number of hydrogen-bond donors (Lipinski definition) is 1. The fourth-order valence-electron chi connectivity index (χ4n) is 2.77. The third kappa shape index (κ3) is 2.77. The molecule has 1 fully saturated rings. The van der Waals surface area contributed by atoms with Gasteiger partial charge in [-0.25, -0.2) is 4.39 Å². The lowest BCUT2D eigenvalue weighted by atomic mass is 9.97. The lowest BCUT2D eigenvalue weighted by Gasteiger charge is -2.30. The standard InChI is InChI=1S/C16H15FN2O3/c17-13-3-4-14-11(7-13)6-12(8-18-14)15(20)19-5-1-2-10(9-19)16(21)22/h3-4,6-8,10H,1-2,5,9H2,(H,21,22). The number of carboxylic acids is 1. The van der Waals surface area contributed by atoms with Gasteiger partial charge in [-0.2, -0.15) is 0 Å². The first-order chi connectivity index (χ1) is 10.5. The summed E-state index contributed by atoms with van der Waals surface area (Å²) < 4.78 is 13.3. The van der Waals surface area contributed by atoms with Crippen LogP contribution in [0.5, 0.6) is 0 Å². The van der Waals surface area contributed by atoms with Crippen LogP contribution in [-0.2, 0) is 4.79 Å². The van der Waals surface area contributed by atoms with Crippen LogP contribution in [0.15, 0.2) is 30.5 Å². The normalized spacial score (nSPS) is 18.4. The van der Waals surface area contributed by atoms with E-state index in [-0.39, 0.29) is 18.3 Å². The zero-order valence-corrected chi connectivity index (χ0v) is 11.8. The number of fused-ring (bicyclic) bond motifs is 1. The Morgan fingerprint density at radius 2 is 2.14 bits per heavy atom. The molecular formula is C16H15FN2O3. The minimum Gasteiger partial charge on any atom is -0.481 e. The molecule has 0 aliphatic carbocycles. The van der Waals surface area contributed by atoms with Gasteiger partial charge in [0.25, 0.3) is 5.91 Å². The number of benzene rings is 1. The average Bonchev–Trinajstić information content (AvgIpc) is 2.53. The molecule has 0 saturated carbocycles. The molecule has 114 valence electrons. The summed E-state index contributed by atoms with van der Waals surface area (Å²) in [5, 5.41) is 9.64. The van der Waals surface area contributed by atoms with Gasteiger partial charge in [0.15, 0.2) is 0 Å². The molecule has 1 N–H and O–H groups in total. The Balaban J connectivity index is 1.86. The van der Waals surface area contributed by atoms with Crippen molar-refractivity contribution in [3.63, 3.8) is 0 Å². The number of aliphatic carboxylic acids is 1. The van der Waals surface area contributed by atoms with E-state index in [4.69, 9.17) is 5.11 Å². The Bertz CT molecular complexity index is 747. The molecular weight excluding hydrogens is 287 g/mol. The van der Waals surface area contributed by atoms with E-state index in [9.17, 15) is 14.0 Å². The predicted molar refractivity (Wildman–Crippen MR) is 78.0 cm³/mol. The van der Waals surface area contributed by atoms with Crippen molar-refractivity contribution in [2.24, 2.45) is 5.92 Å². The summed E-state index contributed by atoms with van der Waals surface area (Å²) in [6, 6.07) is 5.80. The van der Waals surface area contributed by atoms with Gasteiger partial charge in [-0.3, -0.25) is 14.6 Å². The monoisotopic (exact) mass is 302 g/mol. The highest BCUT2D eigenvalue weighted by molar-refractivity contribution is 5.97. The number of carbonyl (C=O) groups excluding carboxylic acids is 1. The van der Waals surface area contributed by atoms with Crippen molar-refractivity contribution < 1.29 is 19.1 Å². The van der Waals surface area contributed by atoms with E-state index in [1.165, 1.54) is 23.2 Å². The number of rotatable bonds is 2.